The molecule has 1 aromatic carbocycles. The van der Waals surface area contributed by atoms with Crippen LogP contribution in [0.5, 0.6) is 0 Å². The molecule has 2 rings (SSSR count). The zero-order chi connectivity index (χ0) is 17.4. The number of nitrogens with one attached hydrogen (secondary N) is 2. The number of aliphatic imine (C=N–C) groups is 1. The van der Waals surface area contributed by atoms with Gasteiger partial charge in [0.1, 0.15) is 0 Å². The number of thiophene rings is 1. The van der Waals surface area contributed by atoms with Crippen LogP contribution in [0.25, 0.3) is 0 Å². The maximum absolute atomic E-state index is 8.84. The van der Waals surface area contributed by atoms with Crippen LogP contribution < -0.4 is 10.6 Å². The first-order chi connectivity index (χ1) is 11.6. The zero-order valence-electron chi connectivity index (χ0n) is 14.9. The van der Waals surface area contributed by atoms with Crippen LogP contribution in [0.1, 0.15) is 34.7 Å². The van der Waals surface area contributed by atoms with E-state index in [0.29, 0.717) is 18.2 Å². The lowest BCUT2D eigenvalue weighted by atomic mass is 10.1. The summed E-state index contributed by atoms with van der Waals surface area (Å²) >= 11 is 1.84. The summed E-state index contributed by atoms with van der Waals surface area (Å²) in [6.45, 7) is 7.78. The highest BCUT2D eigenvalue weighted by Gasteiger charge is 2.07. The van der Waals surface area contributed by atoms with E-state index in [-0.39, 0.29) is 24.0 Å². The molecule has 4 nitrogen and oxygen atoms in total. The van der Waals surface area contributed by atoms with Gasteiger partial charge in [0.25, 0.3) is 0 Å². The first-order valence-corrected chi connectivity index (χ1v) is 9.01. The van der Waals surface area contributed by atoms with Crippen molar-refractivity contribution in [3.63, 3.8) is 0 Å². The molecule has 1 unspecified atom stereocenters. The number of rotatable bonds is 6. The van der Waals surface area contributed by atoms with Gasteiger partial charge in [0.05, 0.1) is 18.2 Å². The summed E-state index contributed by atoms with van der Waals surface area (Å²) < 4.78 is 0. The Morgan fingerprint density at radius 3 is 2.52 bits per heavy atom. The fraction of sp³-hybridized carbons (Fsp3) is 0.368. The molecule has 0 bridgehead atoms. The van der Waals surface area contributed by atoms with Crippen LogP contribution in [0.2, 0.25) is 0 Å². The molecule has 0 aliphatic heterocycles. The average Bonchev–Trinajstić information content (AvgIpc) is 2.98. The minimum Gasteiger partial charge on any atom is -0.357 e. The maximum Gasteiger partial charge on any atom is 0.191 e. The number of aryl methyl sites for hydroxylation is 1. The van der Waals surface area contributed by atoms with Gasteiger partial charge in [-0.25, -0.2) is 4.99 Å². The second kappa shape index (κ2) is 11.1. The van der Waals surface area contributed by atoms with Crippen LogP contribution in [0.15, 0.2) is 41.4 Å². The standard InChI is InChI=1S/C19H24N4S.HI/c1-4-21-19(22-13-17-8-6-16(12-20)7-9-17)23-14(2)11-18-10-5-15(3)24-18;/h5-10,14H,4,11,13H2,1-3H3,(H2,21,22,23);1H. The Kier molecular flexibility index (Phi) is 9.53. The first kappa shape index (κ1) is 21.5. The SMILES string of the molecule is CCNC(=NCc1ccc(C#N)cc1)NC(C)Cc1ccc(C)s1.I. The van der Waals surface area contributed by atoms with Gasteiger partial charge in [-0.05, 0) is 50.6 Å². The van der Waals surface area contributed by atoms with E-state index in [4.69, 9.17) is 5.26 Å². The van der Waals surface area contributed by atoms with Crippen molar-refractivity contribution in [2.24, 2.45) is 4.99 Å². The summed E-state index contributed by atoms with van der Waals surface area (Å²) in [4.78, 5) is 7.37. The quantitative estimate of drug-likeness (QED) is 0.379. The molecule has 25 heavy (non-hydrogen) atoms. The molecule has 0 fully saturated rings. The van der Waals surface area contributed by atoms with Gasteiger partial charge < -0.3 is 10.6 Å². The van der Waals surface area contributed by atoms with E-state index in [9.17, 15) is 0 Å². The highest BCUT2D eigenvalue weighted by Crippen LogP contribution is 2.16. The Morgan fingerprint density at radius 2 is 1.96 bits per heavy atom. The summed E-state index contributed by atoms with van der Waals surface area (Å²) in [6, 6.07) is 14.3. The summed E-state index contributed by atoms with van der Waals surface area (Å²) in [5.74, 6) is 0.822. The van der Waals surface area contributed by atoms with Gasteiger partial charge in [0.2, 0.25) is 0 Å². The number of hydrogen-bond acceptors (Lipinski definition) is 3. The topological polar surface area (TPSA) is 60.2 Å². The van der Waals surface area contributed by atoms with Crippen molar-refractivity contribution in [3.05, 3.63) is 57.3 Å². The fourth-order valence-electron chi connectivity index (χ4n) is 2.36. The minimum atomic E-state index is 0. The molecule has 0 saturated heterocycles. The summed E-state index contributed by atoms with van der Waals surface area (Å²) in [6.07, 6.45) is 0.986. The molecule has 6 heteroatoms. The van der Waals surface area contributed by atoms with E-state index in [0.717, 1.165) is 24.5 Å². The van der Waals surface area contributed by atoms with E-state index >= 15 is 0 Å². The number of benzene rings is 1. The van der Waals surface area contributed by atoms with E-state index < -0.39 is 0 Å². The average molecular weight is 468 g/mol. The van der Waals surface area contributed by atoms with Crippen molar-refractivity contribution in [2.75, 3.05) is 6.54 Å². The predicted molar refractivity (Wildman–Crippen MR) is 117 cm³/mol. The summed E-state index contributed by atoms with van der Waals surface area (Å²) in [7, 11) is 0. The van der Waals surface area contributed by atoms with Crippen LogP contribution in [0, 0.1) is 18.3 Å². The molecule has 1 aromatic heterocycles. The van der Waals surface area contributed by atoms with Gasteiger partial charge in [0.15, 0.2) is 5.96 Å². The largest absolute Gasteiger partial charge is 0.357 e. The Balaban J connectivity index is 0.00000312. The smallest absolute Gasteiger partial charge is 0.191 e. The number of halogens is 1. The second-order valence-corrected chi connectivity index (χ2v) is 7.14. The maximum atomic E-state index is 8.84. The molecular weight excluding hydrogens is 443 g/mol. The van der Waals surface area contributed by atoms with Crippen molar-refractivity contribution in [2.45, 2.75) is 39.8 Å². The first-order valence-electron chi connectivity index (χ1n) is 8.20. The number of guanidine groups is 1. The molecule has 2 N–H and O–H groups in total. The van der Waals surface area contributed by atoms with Gasteiger partial charge in [0, 0.05) is 28.8 Å². The van der Waals surface area contributed by atoms with Crippen LogP contribution in [0.3, 0.4) is 0 Å². The van der Waals surface area contributed by atoms with Crippen LogP contribution in [-0.4, -0.2) is 18.5 Å². The second-order valence-electron chi connectivity index (χ2n) is 5.77. The molecule has 0 amide bonds. The Labute approximate surface area is 171 Å². The third-order valence-electron chi connectivity index (χ3n) is 3.53. The number of hydrogen-bond donors (Lipinski definition) is 2. The molecule has 0 aliphatic carbocycles. The third kappa shape index (κ3) is 7.45. The van der Waals surface area contributed by atoms with Gasteiger partial charge in [-0.2, -0.15) is 5.26 Å². The third-order valence-corrected chi connectivity index (χ3v) is 4.56. The van der Waals surface area contributed by atoms with Gasteiger partial charge in [-0.1, -0.05) is 12.1 Å². The van der Waals surface area contributed by atoms with Crippen molar-refractivity contribution in [1.82, 2.24) is 10.6 Å². The normalized spacial score (nSPS) is 12.0. The highest BCUT2D eigenvalue weighted by atomic mass is 127. The van der Waals surface area contributed by atoms with Crippen LogP contribution >= 0.6 is 35.3 Å². The van der Waals surface area contributed by atoms with Crippen molar-refractivity contribution in [1.29, 1.82) is 5.26 Å². The number of nitrogens with zero attached hydrogens (tertiary/aromatic N) is 2. The van der Waals surface area contributed by atoms with Gasteiger partial charge in [-0.15, -0.1) is 35.3 Å². The molecule has 1 heterocycles. The summed E-state index contributed by atoms with van der Waals surface area (Å²) in [5.41, 5.74) is 1.76. The molecule has 0 spiro atoms. The lowest BCUT2D eigenvalue weighted by Crippen LogP contribution is -2.43. The van der Waals surface area contributed by atoms with E-state index in [1.54, 1.807) is 0 Å². The molecule has 134 valence electrons. The van der Waals surface area contributed by atoms with E-state index in [2.05, 4.69) is 54.6 Å². The molecule has 2 aromatic rings. The van der Waals surface area contributed by atoms with Crippen LogP contribution in [-0.2, 0) is 13.0 Å². The molecule has 1 atom stereocenters. The molecular formula is C19H25IN4S. The van der Waals surface area contributed by atoms with Crippen molar-refractivity contribution < 1.29 is 0 Å². The minimum absolute atomic E-state index is 0. The van der Waals surface area contributed by atoms with E-state index in [1.807, 2.05) is 35.6 Å². The van der Waals surface area contributed by atoms with Crippen molar-refractivity contribution >= 4 is 41.3 Å². The summed E-state index contributed by atoms with van der Waals surface area (Å²) in [5, 5.41) is 15.6. The fourth-order valence-corrected chi connectivity index (χ4v) is 3.38. The molecule has 0 saturated carbocycles. The monoisotopic (exact) mass is 468 g/mol. The number of nitriles is 1. The lowest BCUT2D eigenvalue weighted by Gasteiger charge is -2.17. The lowest BCUT2D eigenvalue weighted by molar-refractivity contribution is 0.645. The predicted octanol–water partition coefficient (Wildman–Crippen LogP) is 4.23. The highest BCUT2D eigenvalue weighted by molar-refractivity contribution is 14.0. The van der Waals surface area contributed by atoms with Crippen molar-refractivity contribution in [3.8, 4) is 6.07 Å². The Hall–Kier alpha value is -1.59. The zero-order valence-corrected chi connectivity index (χ0v) is 18.0. The van der Waals surface area contributed by atoms with E-state index in [1.165, 1.54) is 9.75 Å². The molecule has 0 aliphatic rings. The Morgan fingerprint density at radius 1 is 1.24 bits per heavy atom. The Bertz CT molecular complexity index is 716. The molecule has 0 radical (unpaired) electrons. The van der Waals surface area contributed by atoms with Crippen LogP contribution in [0.4, 0.5) is 0 Å². The van der Waals surface area contributed by atoms with Gasteiger partial charge >= 0.3 is 0 Å². The van der Waals surface area contributed by atoms with Gasteiger partial charge in [-0.3, -0.25) is 0 Å².